The molecule has 0 aliphatic heterocycles. The van der Waals surface area contributed by atoms with E-state index in [1.54, 1.807) is 31.5 Å². The Bertz CT molecular complexity index is 967. The number of hydroxylamine groups is 2. The summed E-state index contributed by atoms with van der Waals surface area (Å²) in [6, 6.07) is 6.25. The summed E-state index contributed by atoms with van der Waals surface area (Å²) in [6.45, 7) is 2.97. The van der Waals surface area contributed by atoms with Crippen LogP contribution >= 0.6 is 0 Å². The summed E-state index contributed by atoms with van der Waals surface area (Å²) in [5, 5.41) is 24.6. The van der Waals surface area contributed by atoms with Crippen LogP contribution in [0.25, 0.3) is 0 Å². The number of nitriles is 1. The van der Waals surface area contributed by atoms with Crippen molar-refractivity contribution in [2.24, 2.45) is 4.99 Å². The molecule has 31 heavy (non-hydrogen) atoms. The summed E-state index contributed by atoms with van der Waals surface area (Å²) in [6.07, 6.45) is 10.1. The molecule has 0 aliphatic rings. The van der Waals surface area contributed by atoms with E-state index < -0.39 is 5.91 Å². The molecule has 0 atom stereocenters. The van der Waals surface area contributed by atoms with Gasteiger partial charge in [-0.3, -0.25) is 25.1 Å². The van der Waals surface area contributed by atoms with Crippen LogP contribution in [-0.2, 0) is 6.54 Å². The van der Waals surface area contributed by atoms with Gasteiger partial charge in [0.15, 0.2) is 6.19 Å². The average Bonchev–Trinajstić information content (AvgIpc) is 2.79. The highest BCUT2D eigenvalue weighted by Crippen LogP contribution is 2.08. The van der Waals surface area contributed by atoms with E-state index in [1.165, 1.54) is 22.9 Å². The molecule has 10 heteroatoms. The third-order valence-electron chi connectivity index (χ3n) is 4.46. The highest BCUT2D eigenvalue weighted by molar-refractivity contribution is 5.93. The maximum absolute atomic E-state index is 12.0. The molecule has 1 amide bonds. The van der Waals surface area contributed by atoms with Gasteiger partial charge in [0, 0.05) is 44.3 Å². The van der Waals surface area contributed by atoms with Crippen molar-refractivity contribution in [3.05, 3.63) is 58.8 Å². The molecule has 0 bridgehead atoms. The quantitative estimate of drug-likeness (QED) is 0.101. The van der Waals surface area contributed by atoms with Gasteiger partial charge in [-0.25, -0.2) is 10.1 Å². The van der Waals surface area contributed by atoms with E-state index in [0.717, 1.165) is 25.7 Å². The van der Waals surface area contributed by atoms with E-state index in [0.29, 0.717) is 29.8 Å². The molecule has 0 radical (unpaired) electrons. The van der Waals surface area contributed by atoms with Crippen LogP contribution in [0.1, 0.15) is 43.0 Å². The number of carbonyl (C=O) groups is 1. The number of aromatic nitrogens is 2. The average molecular weight is 425 g/mol. The molecule has 0 aromatic carbocycles. The van der Waals surface area contributed by atoms with Crippen molar-refractivity contribution in [2.75, 3.05) is 13.1 Å². The van der Waals surface area contributed by atoms with Crippen LogP contribution in [0.5, 0.6) is 0 Å². The summed E-state index contributed by atoms with van der Waals surface area (Å²) in [7, 11) is 0. The summed E-state index contributed by atoms with van der Waals surface area (Å²) in [4.78, 5) is 32.3. The highest BCUT2D eigenvalue weighted by atomic mass is 16.5. The van der Waals surface area contributed by atoms with Crippen LogP contribution in [0, 0.1) is 11.5 Å². The molecule has 10 nitrogen and oxygen atoms in total. The Kier molecular flexibility index (Phi) is 9.71. The molecule has 0 unspecified atom stereocenters. The number of hydrogen-bond acceptors (Lipinski definition) is 6. The SMILES string of the molecule is CCN(O)C(=O)c1ccc(=O)n(CCCCCCNC(=Nc2ccncc2)NC#N)c1. The number of guanidine groups is 1. The van der Waals surface area contributed by atoms with Gasteiger partial charge in [-0.2, -0.15) is 5.26 Å². The number of rotatable bonds is 10. The predicted molar refractivity (Wildman–Crippen MR) is 116 cm³/mol. The lowest BCUT2D eigenvalue weighted by atomic mass is 10.2. The van der Waals surface area contributed by atoms with Gasteiger partial charge < -0.3 is 9.88 Å². The number of aryl methyl sites for hydroxylation is 1. The maximum atomic E-state index is 12.0. The number of nitrogens with zero attached hydrogens (tertiary/aromatic N) is 5. The minimum atomic E-state index is -0.530. The van der Waals surface area contributed by atoms with E-state index in [2.05, 4.69) is 20.6 Å². The summed E-state index contributed by atoms with van der Waals surface area (Å²) >= 11 is 0. The van der Waals surface area contributed by atoms with Crippen molar-refractivity contribution in [1.82, 2.24) is 25.2 Å². The monoisotopic (exact) mass is 425 g/mol. The van der Waals surface area contributed by atoms with Gasteiger partial charge in [0.1, 0.15) is 0 Å². The zero-order valence-electron chi connectivity index (χ0n) is 17.5. The summed E-state index contributed by atoms with van der Waals surface area (Å²) in [5.74, 6) is -0.149. The van der Waals surface area contributed by atoms with Gasteiger partial charge in [-0.15, -0.1) is 0 Å². The predicted octanol–water partition coefficient (Wildman–Crippen LogP) is 2.00. The molecule has 0 fully saturated rings. The number of unbranched alkanes of at least 4 members (excludes halogenated alkanes) is 3. The molecule has 0 saturated heterocycles. The van der Waals surface area contributed by atoms with Crippen molar-refractivity contribution in [3.8, 4) is 6.19 Å². The number of pyridine rings is 2. The number of hydrogen-bond donors (Lipinski definition) is 3. The number of amides is 1. The number of nitrogens with one attached hydrogen (secondary N) is 2. The van der Waals surface area contributed by atoms with Gasteiger partial charge in [0.2, 0.25) is 5.96 Å². The first kappa shape index (κ1) is 23.6. The van der Waals surface area contributed by atoms with Crippen molar-refractivity contribution in [3.63, 3.8) is 0 Å². The second kappa shape index (κ2) is 12.8. The van der Waals surface area contributed by atoms with Crippen LogP contribution in [-0.4, -0.2) is 44.8 Å². The minimum Gasteiger partial charge on any atom is -0.355 e. The fourth-order valence-corrected chi connectivity index (χ4v) is 2.81. The van der Waals surface area contributed by atoms with Gasteiger partial charge in [0.05, 0.1) is 11.3 Å². The molecule has 0 spiro atoms. The van der Waals surface area contributed by atoms with E-state index in [9.17, 15) is 14.8 Å². The smallest absolute Gasteiger partial charge is 0.278 e. The fourth-order valence-electron chi connectivity index (χ4n) is 2.81. The van der Waals surface area contributed by atoms with Crippen LogP contribution in [0.2, 0.25) is 0 Å². The first-order valence-corrected chi connectivity index (χ1v) is 10.1. The van der Waals surface area contributed by atoms with Crippen LogP contribution in [0.4, 0.5) is 5.69 Å². The topological polar surface area (TPSA) is 136 Å². The molecular weight excluding hydrogens is 398 g/mol. The second-order valence-electron chi connectivity index (χ2n) is 6.71. The molecule has 0 saturated carbocycles. The fraction of sp³-hybridized carbons (Fsp3) is 0.381. The Morgan fingerprint density at radius 1 is 1.23 bits per heavy atom. The zero-order chi connectivity index (χ0) is 22.5. The zero-order valence-corrected chi connectivity index (χ0v) is 17.5. The van der Waals surface area contributed by atoms with Crippen molar-refractivity contribution >= 4 is 17.6 Å². The van der Waals surface area contributed by atoms with Crippen LogP contribution < -0.4 is 16.2 Å². The number of carbonyl (C=O) groups excluding carboxylic acids is 1. The van der Waals surface area contributed by atoms with E-state index in [1.807, 2.05) is 6.19 Å². The van der Waals surface area contributed by atoms with Crippen molar-refractivity contribution < 1.29 is 10.0 Å². The number of aliphatic imine (C=N–C) groups is 1. The van der Waals surface area contributed by atoms with E-state index in [4.69, 9.17) is 5.26 Å². The van der Waals surface area contributed by atoms with Crippen LogP contribution in [0.15, 0.2) is 52.6 Å². The lowest BCUT2D eigenvalue weighted by Crippen LogP contribution is -2.34. The Labute approximate surface area is 180 Å². The molecular formula is C21H27N7O3. The minimum absolute atomic E-state index is 0.171. The molecule has 3 N–H and O–H groups in total. The van der Waals surface area contributed by atoms with Crippen molar-refractivity contribution in [2.45, 2.75) is 39.2 Å². The summed E-state index contributed by atoms with van der Waals surface area (Å²) < 4.78 is 1.49. The first-order chi connectivity index (χ1) is 15.0. The molecule has 2 aromatic rings. The molecule has 2 aromatic heterocycles. The third-order valence-corrected chi connectivity index (χ3v) is 4.46. The van der Waals surface area contributed by atoms with Gasteiger partial charge in [0.25, 0.3) is 11.5 Å². The van der Waals surface area contributed by atoms with Gasteiger partial charge in [-0.1, -0.05) is 12.8 Å². The standard InChI is InChI=1S/C21H27N7O3/c1-2-28(31)20(30)17-7-8-19(29)27(15-17)14-6-4-3-5-11-24-21(25-16-22)26-18-9-12-23-13-10-18/h7-10,12-13,15,31H,2-6,11,14H2,1H3,(H2,23,24,25,26). The Morgan fingerprint density at radius 3 is 2.68 bits per heavy atom. The van der Waals surface area contributed by atoms with Gasteiger partial charge in [-0.05, 0) is 38.0 Å². The molecule has 0 aliphatic carbocycles. The van der Waals surface area contributed by atoms with Gasteiger partial charge >= 0.3 is 0 Å². The molecule has 2 heterocycles. The lowest BCUT2D eigenvalue weighted by Gasteiger charge is -2.13. The largest absolute Gasteiger partial charge is 0.355 e. The summed E-state index contributed by atoms with van der Waals surface area (Å²) in [5.41, 5.74) is 0.785. The van der Waals surface area contributed by atoms with E-state index >= 15 is 0 Å². The third kappa shape index (κ3) is 7.91. The first-order valence-electron chi connectivity index (χ1n) is 10.1. The molecule has 164 valence electrons. The van der Waals surface area contributed by atoms with Crippen LogP contribution in [0.3, 0.4) is 0 Å². The van der Waals surface area contributed by atoms with Crippen molar-refractivity contribution in [1.29, 1.82) is 5.26 Å². The lowest BCUT2D eigenvalue weighted by molar-refractivity contribution is -0.0542. The highest BCUT2D eigenvalue weighted by Gasteiger charge is 2.12. The second-order valence-corrected chi connectivity index (χ2v) is 6.71. The maximum Gasteiger partial charge on any atom is 0.278 e. The Balaban J connectivity index is 1.75. The molecule has 2 rings (SSSR count). The Hall–Kier alpha value is -3.71. The normalized spacial score (nSPS) is 10.9. The Morgan fingerprint density at radius 2 is 1.97 bits per heavy atom. The van der Waals surface area contributed by atoms with E-state index in [-0.39, 0.29) is 17.7 Å².